The van der Waals surface area contributed by atoms with Crippen LogP contribution in [0.15, 0.2) is 52.9 Å². The molecule has 3 nitrogen and oxygen atoms in total. The van der Waals surface area contributed by atoms with E-state index in [1.165, 1.54) is 11.1 Å². The Kier molecular flexibility index (Phi) is 4.45. The van der Waals surface area contributed by atoms with Crippen molar-refractivity contribution in [3.05, 3.63) is 76.0 Å². The number of rotatable bonds is 3. The Balaban J connectivity index is 1.83. The van der Waals surface area contributed by atoms with Gasteiger partial charge < -0.3 is 9.73 Å². The van der Waals surface area contributed by atoms with Gasteiger partial charge in [0, 0.05) is 16.3 Å². The number of hydrogen-bond acceptors (Lipinski definition) is 2. The van der Waals surface area contributed by atoms with Gasteiger partial charge in [-0.1, -0.05) is 29.8 Å². The summed E-state index contributed by atoms with van der Waals surface area (Å²) in [6, 6.07) is 15.0. The molecule has 2 aromatic carbocycles. The number of amides is 1. The van der Waals surface area contributed by atoms with Crippen LogP contribution in [0.25, 0.3) is 11.3 Å². The highest BCUT2D eigenvalue weighted by molar-refractivity contribution is 6.31. The van der Waals surface area contributed by atoms with E-state index in [1.54, 1.807) is 18.2 Å². The Hall–Kier alpha value is -2.52. The van der Waals surface area contributed by atoms with Crippen LogP contribution in [0.4, 0.5) is 5.69 Å². The smallest absolute Gasteiger partial charge is 0.291 e. The second-order valence-corrected chi connectivity index (χ2v) is 6.31. The van der Waals surface area contributed by atoms with Crippen LogP contribution >= 0.6 is 11.6 Å². The maximum Gasteiger partial charge on any atom is 0.291 e. The number of carbonyl (C=O) groups excluding carboxylic acids is 1. The molecular formula is C20H18ClNO2. The van der Waals surface area contributed by atoms with Crippen LogP contribution in [0.3, 0.4) is 0 Å². The van der Waals surface area contributed by atoms with E-state index in [0.29, 0.717) is 16.5 Å². The lowest BCUT2D eigenvalue weighted by Crippen LogP contribution is -2.11. The van der Waals surface area contributed by atoms with E-state index in [1.807, 2.05) is 31.2 Å². The zero-order valence-electron chi connectivity index (χ0n) is 13.8. The number of anilines is 1. The maximum atomic E-state index is 12.4. The molecule has 0 saturated carbocycles. The van der Waals surface area contributed by atoms with Crippen molar-refractivity contribution in [2.24, 2.45) is 0 Å². The summed E-state index contributed by atoms with van der Waals surface area (Å²) in [4.78, 5) is 12.4. The Morgan fingerprint density at radius 3 is 2.42 bits per heavy atom. The van der Waals surface area contributed by atoms with Crippen LogP contribution in [-0.2, 0) is 0 Å². The zero-order valence-corrected chi connectivity index (χ0v) is 14.6. The zero-order chi connectivity index (χ0) is 17.3. The maximum absolute atomic E-state index is 12.4. The quantitative estimate of drug-likeness (QED) is 0.657. The van der Waals surface area contributed by atoms with Gasteiger partial charge in [0.2, 0.25) is 0 Å². The molecule has 0 unspecified atom stereocenters. The van der Waals surface area contributed by atoms with Gasteiger partial charge in [-0.3, -0.25) is 4.79 Å². The fourth-order valence-electron chi connectivity index (χ4n) is 2.42. The predicted molar refractivity (Wildman–Crippen MR) is 97.8 cm³/mol. The number of carbonyl (C=O) groups is 1. The lowest BCUT2D eigenvalue weighted by molar-refractivity contribution is 0.0997. The fourth-order valence-corrected chi connectivity index (χ4v) is 2.59. The molecule has 3 rings (SSSR count). The van der Waals surface area contributed by atoms with Crippen LogP contribution in [0.1, 0.15) is 27.2 Å². The van der Waals surface area contributed by atoms with Crippen LogP contribution in [-0.4, -0.2) is 5.91 Å². The topological polar surface area (TPSA) is 42.2 Å². The van der Waals surface area contributed by atoms with Crippen LogP contribution in [0.5, 0.6) is 0 Å². The van der Waals surface area contributed by atoms with Gasteiger partial charge in [-0.25, -0.2) is 0 Å². The van der Waals surface area contributed by atoms with Gasteiger partial charge in [0.05, 0.1) is 0 Å². The van der Waals surface area contributed by atoms with Crippen molar-refractivity contribution in [3.8, 4) is 11.3 Å². The summed E-state index contributed by atoms with van der Waals surface area (Å²) in [5, 5.41) is 3.41. The van der Waals surface area contributed by atoms with E-state index >= 15 is 0 Å². The molecule has 0 aliphatic heterocycles. The Labute approximate surface area is 146 Å². The second kappa shape index (κ2) is 6.54. The van der Waals surface area contributed by atoms with Crippen molar-refractivity contribution < 1.29 is 9.21 Å². The first-order valence-electron chi connectivity index (χ1n) is 7.69. The van der Waals surface area contributed by atoms with Crippen molar-refractivity contribution in [1.82, 2.24) is 0 Å². The minimum atomic E-state index is -0.296. The molecule has 1 N–H and O–H groups in total. The largest absolute Gasteiger partial charge is 0.451 e. The second-order valence-electron chi connectivity index (χ2n) is 5.88. The molecule has 0 radical (unpaired) electrons. The highest BCUT2D eigenvalue weighted by Gasteiger charge is 2.14. The van der Waals surface area contributed by atoms with Gasteiger partial charge in [0.25, 0.3) is 5.91 Å². The lowest BCUT2D eigenvalue weighted by atomic mass is 10.1. The number of aryl methyl sites for hydroxylation is 3. The summed E-state index contributed by atoms with van der Waals surface area (Å²) in [5.74, 6) is 0.643. The van der Waals surface area contributed by atoms with Gasteiger partial charge in [-0.15, -0.1) is 0 Å². The van der Waals surface area contributed by atoms with Crippen molar-refractivity contribution in [1.29, 1.82) is 0 Å². The SMILES string of the molecule is Cc1ccc(-c2ccc(C(=O)Nc3cc(Cl)ccc3C)o2)cc1C. The van der Waals surface area contributed by atoms with Gasteiger partial charge in [-0.2, -0.15) is 0 Å². The molecule has 1 amide bonds. The first-order valence-corrected chi connectivity index (χ1v) is 8.07. The molecule has 0 aliphatic carbocycles. The molecular weight excluding hydrogens is 322 g/mol. The monoisotopic (exact) mass is 339 g/mol. The molecule has 1 aromatic heterocycles. The number of furan rings is 1. The summed E-state index contributed by atoms with van der Waals surface area (Å²) in [7, 11) is 0. The number of benzene rings is 2. The Morgan fingerprint density at radius 2 is 1.67 bits per heavy atom. The molecule has 0 bridgehead atoms. The average Bonchev–Trinajstić information content (AvgIpc) is 3.03. The van der Waals surface area contributed by atoms with Gasteiger partial charge in [0.1, 0.15) is 5.76 Å². The molecule has 0 fully saturated rings. The molecule has 1 heterocycles. The van der Waals surface area contributed by atoms with Crippen molar-refractivity contribution >= 4 is 23.2 Å². The van der Waals surface area contributed by atoms with E-state index in [4.69, 9.17) is 16.0 Å². The minimum Gasteiger partial charge on any atom is -0.451 e. The molecule has 0 saturated heterocycles. The predicted octanol–water partition coefficient (Wildman–Crippen LogP) is 5.78. The number of halogens is 1. The van der Waals surface area contributed by atoms with E-state index in [9.17, 15) is 4.79 Å². The van der Waals surface area contributed by atoms with Crippen molar-refractivity contribution in [2.75, 3.05) is 5.32 Å². The Bertz CT molecular complexity index is 912. The van der Waals surface area contributed by atoms with Crippen molar-refractivity contribution in [3.63, 3.8) is 0 Å². The van der Waals surface area contributed by atoms with Crippen LogP contribution in [0, 0.1) is 20.8 Å². The molecule has 0 atom stereocenters. The van der Waals surface area contributed by atoms with E-state index in [-0.39, 0.29) is 11.7 Å². The van der Waals surface area contributed by atoms with Crippen molar-refractivity contribution in [2.45, 2.75) is 20.8 Å². The van der Waals surface area contributed by atoms with E-state index in [0.717, 1.165) is 11.1 Å². The van der Waals surface area contributed by atoms with Crippen LogP contribution in [0.2, 0.25) is 5.02 Å². The highest BCUT2D eigenvalue weighted by atomic mass is 35.5. The minimum absolute atomic E-state index is 0.266. The van der Waals surface area contributed by atoms with Gasteiger partial charge in [-0.05, 0) is 67.8 Å². The molecule has 4 heteroatoms. The van der Waals surface area contributed by atoms with E-state index in [2.05, 4.69) is 25.2 Å². The lowest BCUT2D eigenvalue weighted by Gasteiger charge is -2.07. The molecule has 122 valence electrons. The molecule has 3 aromatic rings. The first-order chi connectivity index (χ1) is 11.4. The average molecular weight is 340 g/mol. The van der Waals surface area contributed by atoms with E-state index < -0.39 is 0 Å². The first kappa shape index (κ1) is 16.3. The summed E-state index contributed by atoms with van der Waals surface area (Å²) < 4.78 is 5.72. The normalized spacial score (nSPS) is 10.7. The summed E-state index contributed by atoms with van der Waals surface area (Å²) in [5.41, 5.74) is 4.98. The molecule has 0 aliphatic rings. The fraction of sp³-hybridized carbons (Fsp3) is 0.150. The molecule has 24 heavy (non-hydrogen) atoms. The number of nitrogens with one attached hydrogen (secondary N) is 1. The Morgan fingerprint density at radius 1 is 0.917 bits per heavy atom. The third-order valence-electron chi connectivity index (χ3n) is 4.07. The highest BCUT2D eigenvalue weighted by Crippen LogP contribution is 2.26. The third kappa shape index (κ3) is 3.36. The van der Waals surface area contributed by atoms with Gasteiger partial charge in [0.15, 0.2) is 5.76 Å². The summed E-state index contributed by atoms with van der Waals surface area (Å²) >= 11 is 5.98. The van der Waals surface area contributed by atoms with Gasteiger partial charge >= 0.3 is 0 Å². The number of hydrogen-bond donors (Lipinski definition) is 1. The van der Waals surface area contributed by atoms with Crippen LogP contribution < -0.4 is 5.32 Å². The third-order valence-corrected chi connectivity index (χ3v) is 4.30. The summed E-state index contributed by atoms with van der Waals surface area (Å²) in [6.07, 6.45) is 0. The summed E-state index contributed by atoms with van der Waals surface area (Å²) in [6.45, 7) is 6.03. The molecule has 0 spiro atoms. The standard InChI is InChI=1S/C20H18ClNO2/c1-12-4-6-15(10-14(12)3)18-8-9-19(24-18)20(23)22-17-11-16(21)7-5-13(17)2/h4-11H,1-3H3,(H,22,23).